The first-order valence-electron chi connectivity index (χ1n) is 6.06. The van der Waals surface area contributed by atoms with Gasteiger partial charge in [0.15, 0.2) is 5.76 Å². The zero-order chi connectivity index (χ0) is 14.5. The smallest absolute Gasteiger partial charge is 0.395 e. The second-order valence-corrected chi connectivity index (χ2v) is 4.69. The number of nitrogens with zero attached hydrogens (tertiary/aromatic N) is 1. The standard InChI is InChI=1S/C12H17ClN2O4/c1-3-12(4-2,7-13)8-14-11(16)9-5-6-10(19-9)15(17)18/h5-6H,3-4,7-8H2,1-2H3,(H,14,16). The Morgan fingerprint density at radius 3 is 2.53 bits per heavy atom. The van der Waals surface area contributed by atoms with Crippen molar-refractivity contribution in [1.29, 1.82) is 0 Å². The van der Waals surface area contributed by atoms with Gasteiger partial charge in [-0.15, -0.1) is 11.6 Å². The Labute approximate surface area is 116 Å². The van der Waals surface area contributed by atoms with Gasteiger partial charge in [0.2, 0.25) is 0 Å². The first-order valence-corrected chi connectivity index (χ1v) is 6.60. The molecule has 1 N–H and O–H groups in total. The van der Waals surface area contributed by atoms with Crippen molar-refractivity contribution in [1.82, 2.24) is 5.32 Å². The molecule has 0 saturated heterocycles. The van der Waals surface area contributed by atoms with Gasteiger partial charge in [0, 0.05) is 17.8 Å². The predicted octanol–water partition coefficient (Wildman–Crippen LogP) is 2.96. The van der Waals surface area contributed by atoms with Crippen molar-refractivity contribution >= 4 is 23.4 Å². The fraction of sp³-hybridized carbons (Fsp3) is 0.583. The molecule has 1 heterocycles. The number of nitro groups is 1. The van der Waals surface area contributed by atoms with E-state index in [-0.39, 0.29) is 11.2 Å². The van der Waals surface area contributed by atoms with Crippen molar-refractivity contribution in [3.63, 3.8) is 0 Å². The summed E-state index contributed by atoms with van der Waals surface area (Å²) < 4.78 is 4.83. The lowest BCUT2D eigenvalue weighted by molar-refractivity contribution is -0.402. The molecular weight excluding hydrogens is 272 g/mol. The number of halogens is 1. The molecular formula is C12H17ClN2O4. The summed E-state index contributed by atoms with van der Waals surface area (Å²) in [6, 6.07) is 2.44. The van der Waals surface area contributed by atoms with Crippen molar-refractivity contribution in [3.05, 3.63) is 28.0 Å². The highest BCUT2D eigenvalue weighted by Crippen LogP contribution is 2.27. The summed E-state index contributed by atoms with van der Waals surface area (Å²) in [5.74, 6) is -0.537. The minimum absolute atomic E-state index is 0.0672. The van der Waals surface area contributed by atoms with Crippen molar-refractivity contribution in [3.8, 4) is 0 Å². The molecule has 0 atom stereocenters. The molecule has 1 amide bonds. The van der Waals surface area contributed by atoms with Crippen LogP contribution in [0.5, 0.6) is 0 Å². The molecule has 6 nitrogen and oxygen atoms in total. The Morgan fingerprint density at radius 1 is 1.47 bits per heavy atom. The topological polar surface area (TPSA) is 85.4 Å². The van der Waals surface area contributed by atoms with E-state index in [1.807, 2.05) is 13.8 Å². The van der Waals surface area contributed by atoms with Gasteiger partial charge in [0.1, 0.15) is 4.92 Å². The Hall–Kier alpha value is -1.56. The van der Waals surface area contributed by atoms with E-state index in [9.17, 15) is 14.9 Å². The molecule has 1 rings (SSSR count). The van der Waals surface area contributed by atoms with Crippen LogP contribution >= 0.6 is 11.6 Å². The van der Waals surface area contributed by atoms with E-state index in [1.165, 1.54) is 6.07 Å². The molecule has 1 aromatic heterocycles. The van der Waals surface area contributed by atoms with Crippen LogP contribution in [0.3, 0.4) is 0 Å². The van der Waals surface area contributed by atoms with Gasteiger partial charge in [-0.1, -0.05) is 13.8 Å². The van der Waals surface area contributed by atoms with Crippen LogP contribution in [-0.4, -0.2) is 23.3 Å². The van der Waals surface area contributed by atoms with Gasteiger partial charge in [-0.25, -0.2) is 0 Å². The molecule has 0 unspecified atom stereocenters. The molecule has 1 aromatic rings. The van der Waals surface area contributed by atoms with E-state index in [0.29, 0.717) is 12.4 Å². The van der Waals surface area contributed by atoms with E-state index in [2.05, 4.69) is 5.32 Å². The number of carbonyl (C=O) groups excluding carboxylic acids is 1. The number of hydrogen-bond acceptors (Lipinski definition) is 4. The minimum atomic E-state index is -0.683. The SMILES string of the molecule is CCC(CC)(CCl)CNC(=O)c1ccc([N+](=O)[O-])o1. The normalized spacial score (nSPS) is 11.3. The van der Waals surface area contributed by atoms with E-state index in [1.54, 1.807) is 0 Å². The van der Waals surface area contributed by atoms with E-state index < -0.39 is 16.7 Å². The average Bonchev–Trinajstić information content (AvgIpc) is 2.90. The Balaban J connectivity index is 2.66. The molecule has 0 fully saturated rings. The second-order valence-electron chi connectivity index (χ2n) is 4.42. The number of nitrogens with one attached hydrogen (secondary N) is 1. The van der Waals surface area contributed by atoms with Gasteiger partial charge in [0.25, 0.3) is 5.91 Å². The molecule has 0 aliphatic carbocycles. The van der Waals surface area contributed by atoms with Crippen molar-refractivity contribution < 1.29 is 14.1 Å². The van der Waals surface area contributed by atoms with Gasteiger partial charge >= 0.3 is 5.88 Å². The summed E-state index contributed by atoms with van der Waals surface area (Å²) in [5, 5.41) is 13.2. The molecule has 0 saturated carbocycles. The number of alkyl halides is 1. The number of furan rings is 1. The zero-order valence-electron chi connectivity index (χ0n) is 10.9. The molecule has 7 heteroatoms. The average molecular weight is 289 g/mol. The third kappa shape index (κ3) is 3.70. The fourth-order valence-corrected chi connectivity index (χ4v) is 2.11. The van der Waals surface area contributed by atoms with Gasteiger partial charge in [0.05, 0.1) is 6.07 Å². The molecule has 0 aliphatic rings. The third-order valence-electron chi connectivity index (χ3n) is 3.40. The zero-order valence-corrected chi connectivity index (χ0v) is 11.7. The summed E-state index contributed by atoms with van der Waals surface area (Å²) in [7, 11) is 0. The van der Waals surface area contributed by atoms with Gasteiger partial charge in [-0.3, -0.25) is 14.9 Å². The molecule has 0 radical (unpaired) electrons. The van der Waals surface area contributed by atoms with Crippen LogP contribution in [-0.2, 0) is 0 Å². The monoisotopic (exact) mass is 288 g/mol. The Morgan fingerprint density at radius 2 is 2.11 bits per heavy atom. The van der Waals surface area contributed by atoms with Gasteiger partial charge in [-0.2, -0.15) is 0 Å². The quantitative estimate of drug-likeness (QED) is 0.475. The van der Waals surface area contributed by atoms with Crippen molar-refractivity contribution in [2.24, 2.45) is 5.41 Å². The number of carbonyl (C=O) groups is 1. The number of rotatable bonds is 7. The maximum Gasteiger partial charge on any atom is 0.433 e. The number of amides is 1. The Bertz CT molecular complexity index is 446. The summed E-state index contributed by atoms with van der Waals surface area (Å²) in [6.45, 7) is 4.43. The Kier molecular flexibility index (Phi) is 5.35. The van der Waals surface area contributed by atoms with Crippen LogP contribution in [0, 0.1) is 15.5 Å². The van der Waals surface area contributed by atoms with Crippen molar-refractivity contribution in [2.45, 2.75) is 26.7 Å². The molecule has 19 heavy (non-hydrogen) atoms. The highest BCUT2D eigenvalue weighted by Gasteiger charge is 2.26. The molecule has 0 aliphatic heterocycles. The number of hydrogen-bond donors (Lipinski definition) is 1. The van der Waals surface area contributed by atoms with Crippen LogP contribution in [0.4, 0.5) is 5.88 Å². The molecule has 106 valence electrons. The lowest BCUT2D eigenvalue weighted by Crippen LogP contribution is -2.38. The predicted molar refractivity (Wildman–Crippen MR) is 71.4 cm³/mol. The highest BCUT2D eigenvalue weighted by molar-refractivity contribution is 6.18. The first kappa shape index (κ1) is 15.5. The van der Waals surface area contributed by atoms with Gasteiger partial charge in [-0.05, 0) is 18.9 Å². The maximum absolute atomic E-state index is 11.8. The van der Waals surface area contributed by atoms with Crippen molar-refractivity contribution in [2.75, 3.05) is 12.4 Å². The fourth-order valence-electron chi connectivity index (χ4n) is 1.64. The molecule has 0 spiro atoms. The summed E-state index contributed by atoms with van der Waals surface area (Å²) in [4.78, 5) is 21.6. The van der Waals surface area contributed by atoms with E-state index >= 15 is 0 Å². The summed E-state index contributed by atoms with van der Waals surface area (Å²) in [6.07, 6.45) is 1.68. The lowest BCUT2D eigenvalue weighted by atomic mass is 9.84. The van der Waals surface area contributed by atoms with Crippen LogP contribution in [0.25, 0.3) is 0 Å². The van der Waals surface area contributed by atoms with Crippen LogP contribution < -0.4 is 5.32 Å². The van der Waals surface area contributed by atoms with Crippen LogP contribution in [0.1, 0.15) is 37.2 Å². The van der Waals surface area contributed by atoms with E-state index in [4.69, 9.17) is 16.0 Å². The second kappa shape index (κ2) is 6.56. The van der Waals surface area contributed by atoms with E-state index in [0.717, 1.165) is 18.9 Å². The van der Waals surface area contributed by atoms with Gasteiger partial charge < -0.3 is 9.73 Å². The third-order valence-corrected chi connectivity index (χ3v) is 3.97. The van der Waals surface area contributed by atoms with Crippen LogP contribution in [0.2, 0.25) is 0 Å². The highest BCUT2D eigenvalue weighted by atomic mass is 35.5. The first-order chi connectivity index (χ1) is 8.98. The molecule has 0 bridgehead atoms. The maximum atomic E-state index is 11.8. The summed E-state index contributed by atoms with van der Waals surface area (Å²) >= 11 is 5.94. The summed E-state index contributed by atoms with van der Waals surface area (Å²) in [5.41, 5.74) is -0.157. The molecule has 0 aromatic carbocycles. The van der Waals surface area contributed by atoms with Crippen LogP contribution in [0.15, 0.2) is 16.5 Å². The lowest BCUT2D eigenvalue weighted by Gasteiger charge is -2.29. The minimum Gasteiger partial charge on any atom is -0.395 e. The largest absolute Gasteiger partial charge is 0.433 e.